The monoisotopic (exact) mass is 829 g/mol. The molecule has 0 atom stereocenters. The van der Waals surface area contributed by atoms with Crippen LogP contribution in [0.5, 0.6) is 0 Å². The maximum absolute atomic E-state index is 5.32. The molecule has 0 aliphatic rings. The summed E-state index contributed by atoms with van der Waals surface area (Å²) in [5, 5.41) is 9.71. The maximum atomic E-state index is 5.32. The SMILES string of the molecule is NCCN.NCCNCCNCCNCCN.[La+3].[Sb+5].[Se-2].[Se-2].[Se-2].[Se-2]. The molecule has 11 N–H and O–H groups in total. The van der Waals surface area contributed by atoms with E-state index >= 15 is 0 Å². The van der Waals surface area contributed by atoms with Crippen LogP contribution in [0.3, 0.4) is 0 Å². The van der Waals surface area contributed by atoms with Crippen molar-refractivity contribution in [3.05, 3.63) is 0 Å². The maximum Gasteiger partial charge on any atom is 5.00 e. The molecule has 0 saturated heterocycles. The summed E-state index contributed by atoms with van der Waals surface area (Å²) in [6.45, 7) is 8.34. The summed E-state index contributed by atoms with van der Waals surface area (Å²) < 4.78 is 0. The minimum absolute atomic E-state index is 0. The van der Waals surface area contributed by atoms with Crippen LogP contribution in [0.15, 0.2) is 0 Å². The van der Waals surface area contributed by atoms with E-state index in [1.807, 2.05) is 0 Å². The normalized spacial score (nSPS) is 7.30. The molecule has 13 heteroatoms. The van der Waals surface area contributed by atoms with Crippen LogP contribution in [0.1, 0.15) is 0 Å². The molecule has 0 aliphatic carbocycles. The van der Waals surface area contributed by atoms with E-state index in [1.165, 1.54) is 0 Å². The molecule has 0 aromatic heterocycles. The van der Waals surface area contributed by atoms with Gasteiger partial charge in [0, 0.05) is 65.4 Å². The Kier molecular flexibility index (Phi) is 123. The Balaban J connectivity index is -0.0000000339. The van der Waals surface area contributed by atoms with Crippen LogP contribution in [0.2, 0.25) is 0 Å². The Labute approximate surface area is 229 Å². The van der Waals surface area contributed by atoms with E-state index in [0.717, 1.165) is 39.3 Å². The van der Waals surface area contributed by atoms with Crippen LogP contribution in [-0.4, -0.2) is 158 Å². The average molecular weight is 826 g/mol. The van der Waals surface area contributed by atoms with Gasteiger partial charge in [-0.25, -0.2) is 0 Å². The first-order valence-electron chi connectivity index (χ1n) is 6.25. The van der Waals surface area contributed by atoms with E-state index in [1.54, 1.807) is 0 Å². The van der Waals surface area contributed by atoms with Gasteiger partial charge in [0.1, 0.15) is 0 Å². The Morgan fingerprint density at radius 3 is 0.826 bits per heavy atom. The molecule has 0 fully saturated rings. The third-order valence-corrected chi connectivity index (χ3v) is 1.77. The topological polar surface area (TPSA) is 140 Å². The van der Waals surface area contributed by atoms with Crippen molar-refractivity contribution < 1.29 is 35.6 Å². The summed E-state index contributed by atoms with van der Waals surface area (Å²) in [7, 11) is 0. The number of nitrogens with one attached hydrogen (secondary N) is 3. The molecule has 7 nitrogen and oxygen atoms in total. The zero-order valence-corrected chi connectivity index (χ0v) is 26.6. The molecule has 0 rings (SSSR count). The molecule has 23 heavy (non-hydrogen) atoms. The first-order valence-corrected chi connectivity index (χ1v) is 6.25. The third-order valence-electron chi connectivity index (χ3n) is 1.77. The van der Waals surface area contributed by atoms with E-state index in [0.29, 0.717) is 26.2 Å². The molecular weight excluding hydrogens is 795 g/mol. The van der Waals surface area contributed by atoms with E-state index in [2.05, 4.69) is 16.0 Å². The summed E-state index contributed by atoms with van der Waals surface area (Å²) in [5.74, 6) is 0. The molecule has 0 unspecified atom stereocenters. The van der Waals surface area contributed by atoms with Gasteiger partial charge in [-0.05, 0) is 0 Å². The quantitative estimate of drug-likeness (QED) is 0.0817. The summed E-state index contributed by atoms with van der Waals surface area (Å²) in [5.41, 5.74) is 20.4. The van der Waals surface area contributed by atoms with Crippen molar-refractivity contribution in [1.82, 2.24) is 16.0 Å². The third kappa shape index (κ3) is 66.7. The van der Waals surface area contributed by atoms with E-state index in [9.17, 15) is 0 Å². The fourth-order valence-corrected chi connectivity index (χ4v) is 0.933. The van der Waals surface area contributed by atoms with Crippen LogP contribution in [0, 0.1) is 35.6 Å². The molecule has 0 spiro atoms. The summed E-state index contributed by atoms with van der Waals surface area (Å²) >= 11 is 0. The predicted octanol–water partition coefficient (Wildman–Crippen LogP) is -5.33. The molecular formula is C10H31LaN7SbSe4. The minimum atomic E-state index is 0. The number of hydrogen-bond donors (Lipinski definition) is 7. The van der Waals surface area contributed by atoms with Gasteiger partial charge < -0.3 is 107 Å². The van der Waals surface area contributed by atoms with Crippen LogP contribution in [0.25, 0.3) is 0 Å². The standard InChI is InChI=1S/C8H23N5.C2H8N2.La.Sb.4Se/c9-1-3-11-5-7-13-8-6-12-4-2-10;3-1-2-4;;;;;;/h11-13H,1-10H2;1-4H2;;;;;;/q;;+3;+5;4*-2. The number of rotatable bonds is 11. The van der Waals surface area contributed by atoms with E-state index in [4.69, 9.17) is 22.9 Å². The predicted molar refractivity (Wildman–Crippen MR) is 104 cm³/mol. The molecule has 0 aromatic rings. The van der Waals surface area contributed by atoms with Crippen molar-refractivity contribution in [3.63, 3.8) is 0 Å². The van der Waals surface area contributed by atoms with Crippen LogP contribution < -0.4 is 38.9 Å². The Morgan fingerprint density at radius 1 is 0.435 bits per heavy atom. The van der Waals surface area contributed by atoms with Gasteiger partial charge in [0.15, 0.2) is 0 Å². The van der Waals surface area contributed by atoms with Gasteiger partial charge >= 0.3 is 60.0 Å². The van der Waals surface area contributed by atoms with Crippen molar-refractivity contribution in [2.24, 2.45) is 22.9 Å². The second kappa shape index (κ2) is 56.2. The Hall–Kier alpha value is 3.81. The number of hydrogen-bond acceptors (Lipinski definition) is 7. The Morgan fingerprint density at radius 2 is 0.652 bits per heavy atom. The first kappa shape index (κ1) is 50.5. The van der Waals surface area contributed by atoms with Gasteiger partial charge in [-0.2, -0.15) is 0 Å². The van der Waals surface area contributed by atoms with Gasteiger partial charge in [0.05, 0.1) is 0 Å². The van der Waals surface area contributed by atoms with Crippen molar-refractivity contribution in [1.29, 1.82) is 0 Å². The van der Waals surface area contributed by atoms with Gasteiger partial charge in [-0.15, -0.1) is 0 Å². The smallest absolute Gasteiger partial charge is 2.00 e. The van der Waals surface area contributed by atoms with Crippen LogP contribution in [-0.2, 0) is 0 Å². The zero-order valence-electron chi connectivity index (χ0n) is 13.5. The van der Waals surface area contributed by atoms with E-state index in [-0.39, 0.29) is 128 Å². The molecule has 138 valence electrons. The van der Waals surface area contributed by atoms with Crippen LogP contribution >= 0.6 is 0 Å². The largest absolute Gasteiger partial charge is 5.00 e. The number of nitrogens with two attached hydrogens (primary N) is 4. The zero-order chi connectivity index (χ0) is 13.2. The summed E-state index contributed by atoms with van der Waals surface area (Å²) in [6, 6.07) is 0. The van der Waals surface area contributed by atoms with E-state index < -0.39 is 0 Å². The molecule has 0 heterocycles. The van der Waals surface area contributed by atoms with Gasteiger partial charge in [0.25, 0.3) is 0 Å². The summed E-state index contributed by atoms with van der Waals surface area (Å²) in [6.07, 6.45) is 0. The fourth-order valence-electron chi connectivity index (χ4n) is 0.933. The van der Waals surface area contributed by atoms with Crippen molar-refractivity contribution in [3.8, 4) is 0 Å². The summed E-state index contributed by atoms with van der Waals surface area (Å²) in [4.78, 5) is 0. The molecule has 0 bridgehead atoms. The fraction of sp³-hybridized carbons (Fsp3) is 1.00. The second-order valence-electron chi connectivity index (χ2n) is 3.40. The molecule has 0 aliphatic heterocycles. The van der Waals surface area contributed by atoms with Crippen molar-refractivity contribution in [2.45, 2.75) is 0 Å². The molecule has 0 radical (unpaired) electrons. The van der Waals surface area contributed by atoms with Crippen molar-refractivity contribution in [2.75, 3.05) is 65.4 Å². The minimum Gasteiger partial charge on any atom is -2.00 e. The van der Waals surface area contributed by atoms with Gasteiger partial charge in [-0.3, -0.25) is 0 Å². The van der Waals surface area contributed by atoms with Crippen molar-refractivity contribution >= 4 is 92.7 Å². The molecule has 0 aromatic carbocycles. The Bertz CT molecular complexity index is 127. The van der Waals surface area contributed by atoms with Crippen LogP contribution in [0.4, 0.5) is 0 Å². The van der Waals surface area contributed by atoms with Gasteiger partial charge in [-0.1, -0.05) is 0 Å². The molecule has 0 saturated carbocycles. The second-order valence-corrected chi connectivity index (χ2v) is 3.40. The van der Waals surface area contributed by atoms with Gasteiger partial charge in [0.2, 0.25) is 0 Å². The average Bonchev–Trinajstić information content (AvgIpc) is 2.37. The first-order chi connectivity index (χ1) is 8.33. The molecule has 0 amide bonds.